The van der Waals surface area contributed by atoms with Crippen LogP contribution in [-0.4, -0.2) is 25.5 Å². The summed E-state index contributed by atoms with van der Waals surface area (Å²) in [5.41, 5.74) is 0. The van der Waals surface area contributed by atoms with Gasteiger partial charge in [-0.15, -0.1) is 0 Å². The van der Waals surface area contributed by atoms with Crippen LogP contribution in [0.5, 0.6) is 0 Å². The standard InChI is InChI=1S/C9H9NO4/c1-12-9(11)7-8(14-5-10-7)6-3-2-4-13-6/h2-5,7-8H,1H3/t7-,8?/m1/s1. The first-order valence-corrected chi connectivity index (χ1v) is 4.11. The number of hydrogen-bond donors (Lipinski definition) is 0. The maximum atomic E-state index is 11.3. The van der Waals surface area contributed by atoms with E-state index in [9.17, 15) is 4.79 Å². The number of aliphatic imine (C=N–C) groups is 1. The fraction of sp³-hybridized carbons (Fsp3) is 0.333. The van der Waals surface area contributed by atoms with Crippen molar-refractivity contribution >= 4 is 12.4 Å². The lowest BCUT2D eigenvalue weighted by atomic mass is 10.1. The fourth-order valence-electron chi connectivity index (χ4n) is 1.30. The Kier molecular flexibility index (Phi) is 2.22. The van der Waals surface area contributed by atoms with Gasteiger partial charge in [0.1, 0.15) is 5.76 Å². The molecule has 2 atom stereocenters. The number of nitrogens with zero attached hydrogens (tertiary/aromatic N) is 1. The van der Waals surface area contributed by atoms with Crippen molar-refractivity contribution in [1.82, 2.24) is 0 Å². The molecule has 0 aliphatic carbocycles. The van der Waals surface area contributed by atoms with Crippen molar-refractivity contribution in [3.05, 3.63) is 24.2 Å². The van der Waals surface area contributed by atoms with Gasteiger partial charge in [0.2, 0.25) is 0 Å². The highest BCUT2D eigenvalue weighted by Gasteiger charge is 2.36. The Morgan fingerprint density at radius 2 is 2.50 bits per heavy atom. The molecule has 74 valence electrons. The highest BCUT2D eigenvalue weighted by molar-refractivity contribution is 5.79. The van der Waals surface area contributed by atoms with Gasteiger partial charge in [-0.05, 0) is 12.1 Å². The molecule has 0 fully saturated rings. The number of ether oxygens (including phenoxy) is 2. The van der Waals surface area contributed by atoms with Crippen molar-refractivity contribution in [3.8, 4) is 0 Å². The lowest BCUT2D eigenvalue weighted by molar-refractivity contribution is -0.144. The summed E-state index contributed by atoms with van der Waals surface area (Å²) < 4.78 is 14.9. The Morgan fingerprint density at radius 1 is 1.64 bits per heavy atom. The second-order valence-electron chi connectivity index (χ2n) is 2.79. The van der Waals surface area contributed by atoms with Crippen LogP contribution in [0.4, 0.5) is 0 Å². The monoisotopic (exact) mass is 195 g/mol. The Hall–Kier alpha value is -1.78. The van der Waals surface area contributed by atoms with Gasteiger partial charge in [0, 0.05) is 0 Å². The largest absolute Gasteiger partial charge is 0.469 e. The molecule has 0 radical (unpaired) electrons. The van der Waals surface area contributed by atoms with Crippen molar-refractivity contribution in [2.45, 2.75) is 12.1 Å². The molecule has 0 bridgehead atoms. The van der Waals surface area contributed by atoms with Gasteiger partial charge in [-0.1, -0.05) is 0 Å². The third kappa shape index (κ3) is 1.37. The van der Waals surface area contributed by atoms with Crippen LogP contribution >= 0.6 is 0 Å². The summed E-state index contributed by atoms with van der Waals surface area (Å²) >= 11 is 0. The quantitative estimate of drug-likeness (QED) is 0.658. The van der Waals surface area contributed by atoms with Gasteiger partial charge in [-0.3, -0.25) is 0 Å². The molecule has 2 rings (SSSR count). The predicted molar refractivity (Wildman–Crippen MR) is 46.8 cm³/mol. The molecule has 0 saturated carbocycles. The number of esters is 1. The predicted octanol–water partition coefficient (Wildman–Crippen LogP) is 0.921. The van der Waals surface area contributed by atoms with E-state index in [4.69, 9.17) is 9.15 Å². The van der Waals surface area contributed by atoms with E-state index >= 15 is 0 Å². The van der Waals surface area contributed by atoms with Crippen LogP contribution in [0.2, 0.25) is 0 Å². The lowest BCUT2D eigenvalue weighted by Crippen LogP contribution is -2.24. The molecule has 1 aliphatic heterocycles. The molecule has 0 saturated heterocycles. The first-order valence-electron chi connectivity index (χ1n) is 4.11. The maximum absolute atomic E-state index is 11.3. The first kappa shape index (κ1) is 8.80. The molecule has 1 aromatic heterocycles. The maximum Gasteiger partial charge on any atom is 0.335 e. The number of carbonyl (C=O) groups is 1. The van der Waals surface area contributed by atoms with E-state index in [1.165, 1.54) is 19.8 Å². The van der Waals surface area contributed by atoms with Gasteiger partial charge in [0.05, 0.1) is 13.4 Å². The average Bonchev–Trinajstić information content (AvgIpc) is 2.85. The van der Waals surface area contributed by atoms with Crippen molar-refractivity contribution < 1.29 is 18.7 Å². The fourth-order valence-corrected chi connectivity index (χ4v) is 1.30. The topological polar surface area (TPSA) is 61.0 Å². The zero-order valence-electron chi connectivity index (χ0n) is 7.54. The Bertz CT molecular complexity index is 344. The van der Waals surface area contributed by atoms with E-state index in [0.717, 1.165) is 0 Å². The van der Waals surface area contributed by atoms with Crippen LogP contribution in [0.1, 0.15) is 11.9 Å². The second-order valence-corrected chi connectivity index (χ2v) is 2.79. The molecule has 0 amide bonds. The summed E-state index contributed by atoms with van der Waals surface area (Å²) in [4.78, 5) is 15.1. The summed E-state index contributed by atoms with van der Waals surface area (Å²) in [6, 6.07) is 2.80. The first-order chi connectivity index (χ1) is 6.83. The highest BCUT2D eigenvalue weighted by Crippen LogP contribution is 2.27. The van der Waals surface area contributed by atoms with E-state index in [-0.39, 0.29) is 0 Å². The molecule has 0 spiro atoms. The SMILES string of the molecule is COC(=O)[C@@H]1N=COC1c1ccco1. The summed E-state index contributed by atoms with van der Waals surface area (Å²) in [7, 11) is 1.31. The van der Waals surface area contributed by atoms with Gasteiger partial charge < -0.3 is 13.9 Å². The van der Waals surface area contributed by atoms with Gasteiger partial charge >= 0.3 is 5.97 Å². The molecule has 1 aliphatic rings. The van der Waals surface area contributed by atoms with Crippen LogP contribution in [0, 0.1) is 0 Å². The summed E-state index contributed by atoms with van der Waals surface area (Å²) in [6.07, 6.45) is 2.26. The molecule has 0 aromatic carbocycles. The molecule has 0 N–H and O–H groups in total. The number of rotatable bonds is 2. The molecular weight excluding hydrogens is 186 g/mol. The Balaban J connectivity index is 2.18. The number of carbonyl (C=O) groups excluding carboxylic acids is 1. The average molecular weight is 195 g/mol. The number of furan rings is 1. The zero-order chi connectivity index (χ0) is 9.97. The third-order valence-corrected chi connectivity index (χ3v) is 1.98. The Labute approximate surface area is 80.3 Å². The minimum atomic E-state index is -0.661. The molecule has 5 heteroatoms. The van der Waals surface area contributed by atoms with E-state index in [1.54, 1.807) is 12.1 Å². The van der Waals surface area contributed by atoms with Crippen molar-refractivity contribution in [3.63, 3.8) is 0 Å². The van der Waals surface area contributed by atoms with E-state index < -0.39 is 18.1 Å². The smallest absolute Gasteiger partial charge is 0.335 e. The third-order valence-electron chi connectivity index (χ3n) is 1.98. The van der Waals surface area contributed by atoms with Gasteiger partial charge in [-0.25, -0.2) is 9.79 Å². The van der Waals surface area contributed by atoms with Crippen molar-refractivity contribution in [2.75, 3.05) is 7.11 Å². The number of hydrogen-bond acceptors (Lipinski definition) is 5. The molecule has 1 aromatic rings. The minimum absolute atomic E-state index is 0.430. The Morgan fingerprint density at radius 3 is 3.14 bits per heavy atom. The molecule has 1 unspecified atom stereocenters. The van der Waals surface area contributed by atoms with Gasteiger partial charge in [0.15, 0.2) is 18.5 Å². The van der Waals surface area contributed by atoms with E-state index in [0.29, 0.717) is 5.76 Å². The summed E-state index contributed by atoms with van der Waals surface area (Å²) in [5.74, 6) is 0.137. The summed E-state index contributed by atoms with van der Waals surface area (Å²) in [5, 5.41) is 0. The van der Waals surface area contributed by atoms with Crippen LogP contribution in [0.3, 0.4) is 0 Å². The summed E-state index contributed by atoms with van der Waals surface area (Å²) in [6.45, 7) is 0. The highest BCUT2D eigenvalue weighted by atomic mass is 16.5. The second kappa shape index (κ2) is 3.53. The lowest BCUT2D eigenvalue weighted by Gasteiger charge is -2.12. The molecule has 14 heavy (non-hydrogen) atoms. The van der Waals surface area contributed by atoms with Crippen LogP contribution < -0.4 is 0 Å². The minimum Gasteiger partial charge on any atom is -0.469 e. The van der Waals surface area contributed by atoms with Gasteiger partial charge in [-0.2, -0.15) is 0 Å². The van der Waals surface area contributed by atoms with Crippen molar-refractivity contribution in [2.24, 2.45) is 4.99 Å². The van der Waals surface area contributed by atoms with Crippen molar-refractivity contribution in [1.29, 1.82) is 0 Å². The van der Waals surface area contributed by atoms with E-state index in [1.807, 2.05) is 0 Å². The van der Waals surface area contributed by atoms with Crippen LogP contribution in [0.25, 0.3) is 0 Å². The van der Waals surface area contributed by atoms with Crippen LogP contribution in [0.15, 0.2) is 27.8 Å². The normalized spacial score (nSPS) is 24.6. The zero-order valence-corrected chi connectivity index (χ0v) is 7.54. The van der Waals surface area contributed by atoms with Crippen LogP contribution in [-0.2, 0) is 14.3 Å². The molecular formula is C9H9NO4. The van der Waals surface area contributed by atoms with Gasteiger partial charge in [0.25, 0.3) is 0 Å². The van der Waals surface area contributed by atoms with E-state index in [2.05, 4.69) is 9.73 Å². The number of methoxy groups -OCH3 is 1. The molecule has 5 nitrogen and oxygen atoms in total. The molecule has 2 heterocycles.